The number of carbonyl (C=O) groups excluding carboxylic acids is 2. The molecular weight excluding hydrogens is 501 g/mol. The number of carbonyl (C=O) groups is 2. The molecule has 0 aromatic heterocycles. The van der Waals surface area contributed by atoms with Crippen LogP contribution in [-0.2, 0) is 9.53 Å². The topological polar surface area (TPSA) is 113 Å². The Balaban J connectivity index is 0.00000841. The van der Waals surface area contributed by atoms with Crippen LogP contribution in [0.5, 0.6) is 5.75 Å². The van der Waals surface area contributed by atoms with Crippen LogP contribution < -0.4 is 26.0 Å². The third-order valence-corrected chi connectivity index (χ3v) is 3.21. The van der Waals surface area contributed by atoms with Gasteiger partial charge in [0.1, 0.15) is 18.0 Å². The summed E-state index contributed by atoms with van der Waals surface area (Å²) < 4.78 is 10.9. The Morgan fingerprint density at radius 1 is 1.10 bits per heavy atom. The number of halogens is 1. The van der Waals surface area contributed by atoms with Crippen LogP contribution in [0.15, 0.2) is 29.3 Å². The van der Waals surface area contributed by atoms with Gasteiger partial charge in [-0.1, -0.05) is 6.07 Å². The van der Waals surface area contributed by atoms with Crippen LogP contribution in [0.4, 0.5) is 10.5 Å². The molecule has 1 aromatic rings. The lowest BCUT2D eigenvalue weighted by Gasteiger charge is -2.19. The van der Waals surface area contributed by atoms with E-state index in [-0.39, 0.29) is 29.9 Å². The predicted molar refractivity (Wildman–Crippen MR) is 130 cm³/mol. The summed E-state index contributed by atoms with van der Waals surface area (Å²) in [5.41, 5.74) is 0.168. The maximum absolute atomic E-state index is 11.6. The molecule has 0 unspecified atom stereocenters. The number of nitrogens with zero attached hydrogens (tertiary/aromatic N) is 1. The number of hydrogen-bond donors (Lipinski definition) is 4. The Bertz CT molecular complexity index is 692. The summed E-state index contributed by atoms with van der Waals surface area (Å²) >= 11 is 0. The first-order valence-electron chi connectivity index (χ1n) is 9.69. The van der Waals surface area contributed by atoms with Crippen LogP contribution in [-0.4, -0.2) is 56.3 Å². The molecule has 0 bridgehead atoms. The van der Waals surface area contributed by atoms with Gasteiger partial charge in [0.25, 0.3) is 0 Å². The minimum absolute atomic E-state index is 0. The molecule has 0 fully saturated rings. The number of rotatable bonds is 9. The summed E-state index contributed by atoms with van der Waals surface area (Å²) in [5.74, 6) is 1.17. The number of aliphatic imine (C=N–C) groups is 1. The summed E-state index contributed by atoms with van der Waals surface area (Å²) in [6.45, 7) is 11.3. The molecule has 0 heterocycles. The molecule has 0 atom stereocenters. The molecule has 0 aliphatic carbocycles. The van der Waals surface area contributed by atoms with E-state index in [1.54, 1.807) is 12.1 Å². The first kappa shape index (κ1) is 27.8. The molecule has 30 heavy (non-hydrogen) atoms. The highest BCUT2D eigenvalue weighted by atomic mass is 127. The van der Waals surface area contributed by atoms with Gasteiger partial charge in [-0.2, -0.15) is 0 Å². The fourth-order valence-corrected chi connectivity index (χ4v) is 2.19. The third-order valence-electron chi connectivity index (χ3n) is 3.21. The van der Waals surface area contributed by atoms with E-state index in [1.165, 1.54) is 6.92 Å². The van der Waals surface area contributed by atoms with Gasteiger partial charge in [-0.25, -0.2) is 4.79 Å². The molecule has 0 saturated carbocycles. The van der Waals surface area contributed by atoms with Gasteiger partial charge in [-0.05, 0) is 39.8 Å². The van der Waals surface area contributed by atoms with E-state index in [4.69, 9.17) is 9.47 Å². The third kappa shape index (κ3) is 13.9. The van der Waals surface area contributed by atoms with Crippen molar-refractivity contribution in [1.82, 2.24) is 16.0 Å². The van der Waals surface area contributed by atoms with Crippen LogP contribution in [0.3, 0.4) is 0 Å². The fourth-order valence-electron chi connectivity index (χ4n) is 2.19. The average molecular weight is 535 g/mol. The second-order valence-electron chi connectivity index (χ2n) is 7.17. The monoisotopic (exact) mass is 535 g/mol. The lowest BCUT2D eigenvalue weighted by atomic mass is 10.2. The molecule has 9 nitrogen and oxygen atoms in total. The lowest BCUT2D eigenvalue weighted by molar-refractivity contribution is -0.114. The Labute approximate surface area is 195 Å². The van der Waals surface area contributed by atoms with Crippen molar-refractivity contribution in [2.75, 3.05) is 38.1 Å². The Morgan fingerprint density at radius 2 is 1.83 bits per heavy atom. The number of benzene rings is 1. The molecule has 0 aliphatic heterocycles. The predicted octanol–water partition coefficient (Wildman–Crippen LogP) is 2.72. The van der Waals surface area contributed by atoms with E-state index >= 15 is 0 Å². The Kier molecular flexibility index (Phi) is 13.6. The zero-order chi connectivity index (χ0) is 21.7. The van der Waals surface area contributed by atoms with Crippen molar-refractivity contribution in [3.8, 4) is 5.75 Å². The number of guanidine groups is 1. The van der Waals surface area contributed by atoms with E-state index in [1.807, 2.05) is 39.8 Å². The van der Waals surface area contributed by atoms with Crippen molar-refractivity contribution in [3.63, 3.8) is 0 Å². The zero-order valence-electron chi connectivity index (χ0n) is 18.3. The Morgan fingerprint density at radius 3 is 2.47 bits per heavy atom. The first-order chi connectivity index (χ1) is 13.7. The second-order valence-corrected chi connectivity index (χ2v) is 7.17. The van der Waals surface area contributed by atoms with Crippen molar-refractivity contribution in [2.45, 2.75) is 40.2 Å². The highest BCUT2D eigenvalue weighted by Crippen LogP contribution is 2.17. The summed E-state index contributed by atoms with van der Waals surface area (Å²) in [6, 6.07) is 7.21. The highest BCUT2D eigenvalue weighted by molar-refractivity contribution is 14.0. The van der Waals surface area contributed by atoms with Gasteiger partial charge in [-0.3, -0.25) is 9.79 Å². The summed E-state index contributed by atoms with van der Waals surface area (Å²) in [7, 11) is 0. The maximum Gasteiger partial charge on any atom is 0.407 e. The van der Waals surface area contributed by atoms with E-state index in [0.717, 1.165) is 0 Å². The molecule has 1 aromatic carbocycles. The quantitative estimate of drug-likeness (QED) is 0.168. The van der Waals surface area contributed by atoms with Crippen molar-refractivity contribution in [2.24, 2.45) is 4.99 Å². The molecule has 2 amide bonds. The number of amides is 2. The zero-order valence-corrected chi connectivity index (χ0v) is 20.7. The molecule has 0 aliphatic rings. The molecule has 10 heteroatoms. The van der Waals surface area contributed by atoms with Crippen LogP contribution in [0.25, 0.3) is 0 Å². The largest absolute Gasteiger partial charge is 0.492 e. The van der Waals surface area contributed by atoms with Gasteiger partial charge in [0, 0.05) is 31.8 Å². The van der Waals surface area contributed by atoms with Crippen LogP contribution in [0, 0.1) is 0 Å². The molecule has 170 valence electrons. The summed E-state index contributed by atoms with van der Waals surface area (Å²) in [5, 5.41) is 11.7. The van der Waals surface area contributed by atoms with E-state index in [0.29, 0.717) is 50.2 Å². The smallest absolute Gasteiger partial charge is 0.407 e. The molecule has 0 radical (unpaired) electrons. The molecule has 0 saturated heterocycles. The molecule has 0 spiro atoms. The fraction of sp³-hybridized carbons (Fsp3) is 0.550. The number of anilines is 1. The molecule has 1 rings (SSSR count). The van der Waals surface area contributed by atoms with Gasteiger partial charge >= 0.3 is 6.09 Å². The van der Waals surface area contributed by atoms with E-state index in [2.05, 4.69) is 26.3 Å². The van der Waals surface area contributed by atoms with Gasteiger partial charge in [0.15, 0.2) is 5.96 Å². The summed E-state index contributed by atoms with van der Waals surface area (Å²) in [6.07, 6.45) is -0.458. The number of hydrogen-bond acceptors (Lipinski definition) is 5. The first-order valence-corrected chi connectivity index (χ1v) is 9.69. The number of alkyl carbamates (subject to hydrolysis) is 1. The normalized spacial score (nSPS) is 11.0. The summed E-state index contributed by atoms with van der Waals surface area (Å²) in [4.78, 5) is 27.1. The maximum atomic E-state index is 11.6. The van der Waals surface area contributed by atoms with Crippen LogP contribution in [0.2, 0.25) is 0 Å². The molecule has 4 N–H and O–H groups in total. The SMILES string of the molecule is CCNC(=NCCNC(=O)OC(C)(C)C)NCCOc1cccc(NC(C)=O)c1.I. The van der Waals surface area contributed by atoms with E-state index in [9.17, 15) is 9.59 Å². The van der Waals surface area contributed by atoms with Gasteiger partial charge < -0.3 is 30.7 Å². The van der Waals surface area contributed by atoms with Crippen molar-refractivity contribution in [1.29, 1.82) is 0 Å². The van der Waals surface area contributed by atoms with Crippen molar-refractivity contribution < 1.29 is 19.1 Å². The van der Waals surface area contributed by atoms with Crippen LogP contribution >= 0.6 is 24.0 Å². The average Bonchev–Trinajstić information content (AvgIpc) is 2.60. The number of ether oxygens (including phenoxy) is 2. The number of nitrogens with one attached hydrogen (secondary N) is 4. The van der Waals surface area contributed by atoms with Crippen LogP contribution in [0.1, 0.15) is 34.6 Å². The molecular formula is C20H34IN5O4. The second kappa shape index (κ2) is 14.7. The van der Waals surface area contributed by atoms with Gasteiger partial charge in [-0.15, -0.1) is 24.0 Å². The minimum Gasteiger partial charge on any atom is -0.492 e. The van der Waals surface area contributed by atoms with E-state index < -0.39 is 11.7 Å². The van der Waals surface area contributed by atoms with Crippen molar-refractivity contribution >= 4 is 47.6 Å². The standard InChI is InChI=1S/C20H33N5O4.HI/c1-6-21-18(22-10-11-24-19(27)29-20(3,4)5)23-12-13-28-17-9-7-8-16(14-17)25-15(2)26;/h7-9,14H,6,10-13H2,1-5H3,(H,24,27)(H,25,26)(H2,21,22,23);1H. The van der Waals surface area contributed by atoms with Gasteiger partial charge in [0.2, 0.25) is 5.91 Å². The van der Waals surface area contributed by atoms with Gasteiger partial charge in [0.05, 0.1) is 13.1 Å². The minimum atomic E-state index is -0.522. The van der Waals surface area contributed by atoms with Crippen molar-refractivity contribution in [3.05, 3.63) is 24.3 Å². The Hall–Kier alpha value is -2.24. The highest BCUT2D eigenvalue weighted by Gasteiger charge is 2.15. The lowest BCUT2D eigenvalue weighted by Crippen LogP contribution is -2.40.